The molecule has 0 aliphatic carbocycles. The number of halogens is 1. The molecule has 0 unspecified atom stereocenters. The highest BCUT2D eigenvalue weighted by molar-refractivity contribution is 9.10. The van der Waals surface area contributed by atoms with E-state index in [1.165, 1.54) is 12.1 Å². The predicted octanol–water partition coefficient (Wildman–Crippen LogP) is 2.29. The third kappa shape index (κ3) is 2.30. The SMILES string of the molecule is C[C](CO)c1cc([N+](=O)[O-])ccc1Br. The highest BCUT2D eigenvalue weighted by atomic mass is 79.9. The molecule has 1 aromatic carbocycles. The minimum Gasteiger partial charge on any atom is -0.395 e. The summed E-state index contributed by atoms with van der Waals surface area (Å²) in [5.74, 6) is 0.695. The van der Waals surface area contributed by atoms with Gasteiger partial charge in [0.2, 0.25) is 0 Å². The second-order valence-corrected chi connectivity index (χ2v) is 3.71. The van der Waals surface area contributed by atoms with Crippen LogP contribution in [0.15, 0.2) is 22.7 Å². The first kappa shape index (κ1) is 11.1. The van der Waals surface area contributed by atoms with E-state index in [0.29, 0.717) is 11.5 Å². The van der Waals surface area contributed by atoms with Crippen LogP contribution in [0.5, 0.6) is 0 Å². The van der Waals surface area contributed by atoms with Crippen molar-refractivity contribution < 1.29 is 10.0 Å². The Bertz CT molecular complexity index is 354. The maximum atomic E-state index is 10.5. The van der Waals surface area contributed by atoms with Gasteiger partial charge in [-0.25, -0.2) is 0 Å². The summed E-state index contributed by atoms with van der Waals surface area (Å²) in [5.41, 5.74) is 0.692. The molecular formula is C9H9BrNO3. The highest BCUT2D eigenvalue weighted by Gasteiger charge is 2.14. The fraction of sp³-hybridized carbons (Fsp3) is 0.222. The molecule has 1 aromatic rings. The van der Waals surface area contributed by atoms with Crippen molar-refractivity contribution in [1.29, 1.82) is 0 Å². The first-order chi connectivity index (χ1) is 6.56. The zero-order valence-corrected chi connectivity index (χ0v) is 9.11. The molecule has 0 aromatic heterocycles. The third-order valence-electron chi connectivity index (χ3n) is 1.86. The largest absolute Gasteiger partial charge is 0.395 e. The summed E-state index contributed by atoms with van der Waals surface area (Å²) in [4.78, 5) is 10.0. The highest BCUT2D eigenvalue weighted by Crippen LogP contribution is 2.27. The van der Waals surface area contributed by atoms with Crippen molar-refractivity contribution in [1.82, 2.24) is 0 Å². The summed E-state index contributed by atoms with van der Waals surface area (Å²) in [7, 11) is 0. The Morgan fingerprint density at radius 3 is 2.79 bits per heavy atom. The van der Waals surface area contributed by atoms with E-state index in [4.69, 9.17) is 5.11 Å². The van der Waals surface area contributed by atoms with Gasteiger partial charge in [-0.1, -0.05) is 22.9 Å². The summed E-state index contributed by atoms with van der Waals surface area (Å²) in [6.07, 6.45) is 0. The second-order valence-electron chi connectivity index (χ2n) is 2.86. The van der Waals surface area contributed by atoms with Gasteiger partial charge >= 0.3 is 0 Å². The predicted molar refractivity (Wildman–Crippen MR) is 55.9 cm³/mol. The molecule has 0 aliphatic rings. The number of nitrogens with zero attached hydrogens (tertiary/aromatic N) is 1. The van der Waals surface area contributed by atoms with Gasteiger partial charge in [-0.3, -0.25) is 10.1 Å². The topological polar surface area (TPSA) is 63.4 Å². The van der Waals surface area contributed by atoms with Crippen LogP contribution in [0.2, 0.25) is 0 Å². The summed E-state index contributed by atoms with van der Waals surface area (Å²) in [6, 6.07) is 4.46. The van der Waals surface area contributed by atoms with Gasteiger partial charge in [0.05, 0.1) is 11.5 Å². The Hall–Kier alpha value is -0.940. The molecule has 5 heteroatoms. The molecule has 0 saturated heterocycles. The molecule has 0 aliphatic heterocycles. The molecule has 0 heterocycles. The molecule has 14 heavy (non-hydrogen) atoms. The molecule has 0 bridgehead atoms. The lowest BCUT2D eigenvalue weighted by atomic mass is 10.0. The molecule has 0 atom stereocenters. The lowest BCUT2D eigenvalue weighted by Crippen LogP contribution is -2.02. The molecular weight excluding hydrogens is 250 g/mol. The Morgan fingerprint density at radius 1 is 1.64 bits per heavy atom. The minimum atomic E-state index is -0.458. The average Bonchev–Trinajstić information content (AvgIpc) is 2.17. The van der Waals surface area contributed by atoms with E-state index in [2.05, 4.69) is 15.9 Å². The number of aliphatic hydroxyl groups is 1. The van der Waals surface area contributed by atoms with Gasteiger partial charge in [-0.2, -0.15) is 0 Å². The lowest BCUT2D eigenvalue weighted by Gasteiger charge is -2.09. The first-order valence-corrected chi connectivity index (χ1v) is 4.73. The van der Waals surface area contributed by atoms with E-state index in [1.807, 2.05) is 0 Å². The second kappa shape index (κ2) is 4.52. The van der Waals surface area contributed by atoms with Crippen LogP contribution in [0.3, 0.4) is 0 Å². The van der Waals surface area contributed by atoms with E-state index in [1.54, 1.807) is 13.0 Å². The Labute approximate surface area is 89.8 Å². The first-order valence-electron chi connectivity index (χ1n) is 3.94. The number of non-ortho nitro benzene ring substituents is 1. The lowest BCUT2D eigenvalue weighted by molar-refractivity contribution is -0.384. The third-order valence-corrected chi connectivity index (χ3v) is 2.55. The summed E-state index contributed by atoms with van der Waals surface area (Å²) in [6.45, 7) is 1.61. The van der Waals surface area contributed by atoms with Crippen LogP contribution in [0.1, 0.15) is 12.5 Å². The molecule has 75 valence electrons. The van der Waals surface area contributed by atoms with Crippen molar-refractivity contribution >= 4 is 21.6 Å². The van der Waals surface area contributed by atoms with Crippen molar-refractivity contribution in [3.63, 3.8) is 0 Å². The number of nitro groups is 1. The maximum absolute atomic E-state index is 10.5. The fourth-order valence-electron chi connectivity index (χ4n) is 1.04. The van der Waals surface area contributed by atoms with Gasteiger partial charge in [0.15, 0.2) is 0 Å². The van der Waals surface area contributed by atoms with Crippen LogP contribution in [0, 0.1) is 16.0 Å². The van der Waals surface area contributed by atoms with E-state index in [0.717, 1.165) is 4.47 Å². The molecule has 0 fully saturated rings. The summed E-state index contributed by atoms with van der Waals surface area (Å²) in [5, 5.41) is 19.4. The molecule has 1 rings (SSSR count). The van der Waals surface area contributed by atoms with Gasteiger partial charge in [-0.05, 0) is 11.6 Å². The monoisotopic (exact) mass is 258 g/mol. The van der Waals surface area contributed by atoms with Gasteiger partial charge in [0.1, 0.15) is 0 Å². The van der Waals surface area contributed by atoms with Crippen molar-refractivity contribution in [3.05, 3.63) is 44.3 Å². The number of aliphatic hydroxyl groups excluding tert-OH is 1. The fourth-order valence-corrected chi connectivity index (χ4v) is 1.62. The van der Waals surface area contributed by atoms with E-state index >= 15 is 0 Å². The molecule has 4 nitrogen and oxygen atoms in total. The van der Waals surface area contributed by atoms with Gasteiger partial charge in [0, 0.05) is 22.5 Å². The van der Waals surface area contributed by atoms with Crippen molar-refractivity contribution in [2.75, 3.05) is 6.61 Å². The number of hydrogen-bond acceptors (Lipinski definition) is 3. The molecule has 1 radical (unpaired) electrons. The van der Waals surface area contributed by atoms with Gasteiger partial charge < -0.3 is 5.11 Å². The van der Waals surface area contributed by atoms with Crippen LogP contribution in [-0.2, 0) is 0 Å². The zero-order valence-electron chi connectivity index (χ0n) is 7.53. The van der Waals surface area contributed by atoms with Crippen LogP contribution in [-0.4, -0.2) is 16.6 Å². The molecule has 0 spiro atoms. The number of rotatable bonds is 3. The van der Waals surface area contributed by atoms with Crippen molar-refractivity contribution in [2.24, 2.45) is 0 Å². The van der Waals surface area contributed by atoms with E-state index in [-0.39, 0.29) is 12.3 Å². The molecule has 0 saturated carbocycles. The van der Waals surface area contributed by atoms with E-state index in [9.17, 15) is 10.1 Å². The summed E-state index contributed by atoms with van der Waals surface area (Å²) >= 11 is 3.27. The van der Waals surface area contributed by atoms with Crippen LogP contribution >= 0.6 is 15.9 Å². The smallest absolute Gasteiger partial charge is 0.269 e. The Balaban J connectivity index is 3.14. The Morgan fingerprint density at radius 2 is 2.29 bits per heavy atom. The molecule has 1 N–H and O–H groups in total. The number of hydrogen-bond donors (Lipinski definition) is 1. The normalized spacial score (nSPS) is 10.6. The van der Waals surface area contributed by atoms with Crippen LogP contribution in [0.4, 0.5) is 5.69 Å². The van der Waals surface area contributed by atoms with Crippen molar-refractivity contribution in [3.8, 4) is 0 Å². The van der Waals surface area contributed by atoms with Crippen LogP contribution in [0.25, 0.3) is 0 Å². The summed E-state index contributed by atoms with van der Waals surface area (Å²) < 4.78 is 0.745. The maximum Gasteiger partial charge on any atom is 0.269 e. The zero-order chi connectivity index (χ0) is 10.7. The van der Waals surface area contributed by atoms with Crippen molar-refractivity contribution in [2.45, 2.75) is 6.92 Å². The average molecular weight is 259 g/mol. The Kier molecular flexibility index (Phi) is 3.60. The number of nitro benzene ring substituents is 1. The quantitative estimate of drug-likeness (QED) is 0.669. The van der Waals surface area contributed by atoms with Gasteiger partial charge in [-0.15, -0.1) is 0 Å². The number of benzene rings is 1. The van der Waals surface area contributed by atoms with E-state index < -0.39 is 4.92 Å². The van der Waals surface area contributed by atoms with Gasteiger partial charge in [0.25, 0.3) is 5.69 Å². The van der Waals surface area contributed by atoms with Crippen LogP contribution < -0.4 is 0 Å². The standard InChI is InChI=1S/C9H9BrNO3/c1-6(5-12)8-4-7(11(13)14)2-3-9(8)10/h2-4,12H,5H2,1H3. The minimum absolute atomic E-state index is 0.0241. The molecule has 0 amide bonds.